The van der Waals surface area contributed by atoms with Gasteiger partial charge in [0.25, 0.3) is 0 Å². The zero-order valence-corrected chi connectivity index (χ0v) is 16.8. The molecule has 1 aromatic carbocycles. The Hall–Kier alpha value is -1.57. The van der Waals surface area contributed by atoms with E-state index in [1.165, 1.54) is 28.7 Å². The Morgan fingerprint density at radius 2 is 1.88 bits per heavy atom. The van der Waals surface area contributed by atoms with Crippen molar-refractivity contribution in [3.63, 3.8) is 0 Å². The highest BCUT2D eigenvalue weighted by atomic mass is 32.2. The van der Waals surface area contributed by atoms with Crippen LogP contribution in [0.4, 0.5) is 0 Å². The number of nitrogens with zero attached hydrogens (tertiary/aromatic N) is 3. The number of ketones is 1. The van der Waals surface area contributed by atoms with E-state index in [0.29, 0.717) is 5.75 Å². The fourth-order valence-corrected chi connectivity index (χ4v) is 4.96. The van der Waals surface area contributed by atoms with Crippen molar-refractivity contribution < 1.29 is 4.79 Å². The van der Waals surface area contributed by atoms with Crippen LogP contribution in [-0.4, -0.2) is 32.6 Å². The van der Waals surface area contributed by atoms with Gasteiger partial charge in [0.05, 0.1) is 5.75 Å². The number of Topliss-reactive ketones (excluding diaryl/α,β-unsaturated/α-hetero) is 1. The molecule has 0 N–H and O–H groups in total. The molecule has 25 heavy (non-hydrogen) atoms. The van der Waals surface area contributed by atoms with E-state index >= 15 is 0 Å². The summed E-state index contributed by atoms with van der Waals surface area (Å²) in [6.45, 7) is 4.85. The van der Waals surface area contributed by atoms with Crippen LogP contribution in [0.5, 0.6) is 0 Å². The molecular weight excluding hydrogens is 370 g/mol. The molecule has 0 aliphatic heterocycles. The fourth-order valence-electron chi connectivity index (χ4n) is 2.64. The molecule has 2 aromatic heterocycles. The molecule has 2 heterocycles. The SMILES string of the molecule is CSc1nnc(SCC(=O)c2cc(C)n(Cc3ccccc3)c2C)s1. The Morgan fingerprint density at radius 1 is 1.16 bits per heavy atom. The van der Waals surface area contributed by atoms with Gasteiger partial charge in [-0.15, -0.1) is 10.2 Å². The molecule has 0 atom stereocenters. The molecule has 0 amide bonds. The van der Waals surface area contributed by atoms with Gasteiger partial charge in [-0.25, -0.2) is 0 Å². The maximum atomic E-state index is 12.7. The summed E-state index contributed by atoms with van der Waals surface area (Å²) in [5, 5.41) is 8.17. The predicted octanol–water partition coefficient (Wildman–Crippen LogP) is 4.70. The Bertz CT molecular complexity index is 871. The highest BCUT2D eigenvalue weighted by Gasteiger charge is 2.17. The molecule has 0 spiro atoms. The summed E-state index contributed by atoms with van der Waals surface area (Å²) in [6, 6.07) is 12.3. The number of hydrogen-bond donors (Lipinski definition) is 0. The van der Waals surface area contributed by atoms with Gasteiger partial charge in [0.1, 0.15) is 0 Å². The van der Waals surface area contributed by atoms with Crippen molar-refractivity contribution in [3.05, 3.63) is 58.9 Å². The summed E-state index contributed by atoms with van der Waals surface area (Å²) in [5.41, 5.74) is 4.16. The Balaban J connectivity index is 1.71. The minimum atomic E-state index is 0.137. The first-order chi connectivity index (χ1) is 12.1. The molecule has 0 saturated carbocycles. The van der Waals surface area contributed by atoms with Crippen LogP contribution in [0.15, 0.2) is 45.1 Å². The Morgan fingerprint density at radius 3 is 2.56 bits per heavy atom. The molecule has 0 aliphatic carbocycles. The molecule has 0 aliphatic rings. The van der Waals surface area contributed by atoms with Gasteiger partial charge >= 0.3 is 0 Å². The molecule has 3 aromatic rings. The lowest BCUT2D eigenvalue weighted by atomic mass is 10.2. The second-order valence-electron chi connectivity index (χ2n) is 5.61. The molecule has 0 fully saturated rings. The number of carbonyl (C=O) groups is 1. The van der Waals surface area contributed by atoms with Crippen molar-refractivity contribution in [3.8, 4) is 0 Å². The first-order valence-corrected chi connectivity index (χ1v) is 10.9. The monoisotopic (exact) mass is 389 g/mol. The van der Waals surface area contributed by atoms with Crippen molar-refractivity contribution in [2.45, 2.75) is 29.1 Å². The number of aryl methyl sites for hydroxylation is 1. The summed E-state index contributed by atoms with van der Waals surface area (Å²) < 4.78 is 3.97. The quantitative estimate of drug-likeness (QED) is 0.433. The van der Waals surface area contributed by atoms with Crippen LogP contribution in [0.2, 0.25) is 0 Å². The van der Waals surface area contributed by atoms with Crippen molar-refractivity contribution >= 4 is 40.6 Å². The average Bonchev–Trinajstić information content (AvgIpc) is 3.20. The van der Waals surface area contributed by atoms with Gasteiger partial charge < -0.3 is 4.57 Å². The number of rotatable bonds is 7. The summed E-state index contributed by atoms with van der Waals surface area (Å²) in [5.74, 6) is 0.525. The van der Waals surface area contributed by atoms with Crippen molar-refractivity contribution in [2.24, 2.45) is 0 Å². The molecular formula is C18H19N3OS3. The fraction of sp³-hybridized carbons (Fsp3) is 0.278. The standard InChI is InChI=1S/C18H19N3OS3/c1-12-9-15(13(2)21(12)10-14-7-5-4-6-8-14)16(22)11-24-18-20-19-17(23-3)25-18/h4-9H,10-11H2,1-3H3. The minimum absolute atomic E-state index is 0.137. The lowest BCUT2D eigenvalue weighted by Crippen LogP contribution is -2.07. The van der Waals surface area contributed by atoms with Crippen LogP contribution in [0.1, 0.15) is 27.3 Å². The largest absolute Gasteiger partial charge is 0.344 e. The number of benzene rings is 1. The van der Waals surface area contributed by atoms with E-state index in [9.17, 15) is 4.79 Å². The minimum Gasteiger partial charge on any atom is -0.344 e. The number of aromatic nitrogens is 3. The third-order valence-corrected chi connectivity index (χ3v) is 6.98. The van der Waals surface area contributed by atoms with Gasteiger partial charge in [0.15, 0.2) is 14.5 Å². The van der Waals surface area contributed by atoms with Gasteiger partial charge in [-0.3, -0.25) is 4.79 Å². The van der Waals surface area contributed by atoms with Gasteiger partial charge in [0.2, 0.25) is 0 Å². The summed E-state index contributed by atoms with van der Waals surface area (Å²) >= 11 is 4.56. The predicted molar refractivity (Wildman–Crippen MR) is 106 cm³/mol. The lowest BCUT2D eigenvalue weighted by molar-refractivity contribution is 0.102. The van der Waals surface area contributed by atoms with Crippen molar-refractivity contribution in [1.82, 2.24) is 14.8 Å². The van der Waals surface area contributed by atoms with E-state index in [1.807, 2.05) is 37.4 Å². The molecule has 4 nitrogen and oxygen atoms in total. The molecule has 7 heteroatoms. The maximum Gasteiger partial charge on any atom is 0.175 e. The van der Waals surface area contributed by atoms with Crippen LogP contribution in [0, 0.1) is 13.8 Å². The second-order valence-corrected chi connectivity index (χ2v) is 8.86. The maximum absolute atomic E-state index is 12.7. The normalized spacial score (nSPS) is 11.0. The zero-order chi connectivity index (χ0) is 17.8. The molecule has 0 bridgehead atoms. The van der Waals surface area contributed by atoms with E-state index < -0.39 is 0 Å². The van der Waals surface area contributed by atoms with E-state index in [0.717, 1.165) is 32.2 Å². The van der Waals surface area contributed by atoms with E-state index in [4.69, 9.17) is 0 Å². The zero-order valence-electron chi connectivity index (χ0n) is 14.4. The summed E-state index contributed by atoms with van der Waals surface area (Å²) in [7, 11) is 0. The van der Waals surface area contributed by atoms with Crippen LogP contribution in [-0.2, 0) is 6.54 Å². The van der Waals surface area contributed by atoms with E-state index in [1.54, 1.807) is 11.8 Å². The van der Waals surface area contributed by atoms with E-state index in [-0.39, 0.29) is 5.78 Å². The molecule has 0 saturated heterocycles. The molecule has 3 rings (SSSR count). The number of hydrogen-bond acceptors (Lipinski definition) is 6. The van der Waals surface area contributed by atoms with Crippen molar-refractivity contribution in [2.75, 3.05) is 12.0 Å². The Kier molecular flexibility index (Phi) is 5.98. The highest BCUT2D eigenvalue weighted by molar-refractivity contribution is 8.03. The lowest BCUT2D eigenvalue weighted by Gasteiger charge is -2.09. The van der Waals surface area contributed by atoms with Crippen LogP contribution < -0.4 is 0 Å². The third-order valence-electron chi connectivity index (χ3n) is 3.95. The van der Waals surface area contributed by atoms with Crippen molar-refractivity contribution in [1.29, 1.82) is 0 Å². The van der Waals surface area contributed by atoms with Gasteiger partial charge in [-0.2, -0.15) is 0 Å². The molecule has 130 valence electrons. The van der Waals surface area contributed by atoms with Crippen LogP contribution in [0.25, 0.3) is 0 Å². The third kappa shape index (κ3) is 4.34. The molecule has 0 unspecified atom stereocenters. The number of carbonyl (C=O) groups excluding carboxylic acids is 1. The summed E-state index contributed by atoms with van der Waals surface area (Å²) in [6.07, 6.45) is 1.97. The topological polar surface area (TPSA) is 47.8 Å². The average molecular weight is 390 g/mol. The first kappa shape index (κ1) is 18.2. The van der Waals surface area contributed by atoms with Crippen LogP contribution in [0.3, 0.4) is 0 Å². The number of thioether (sulfide) groups is 2. The van der Waals surface area contributed by atoms with Crippen LogP contribution >= 0.6 is 34.9 Å². The second kappa shape index (κ2) is 8.21. The van der Waals surface area contributed by atoms with Gasteiger partial charge in [0, 0.05) is 23.5 Å². The summed E-state index contributed by atoms with van der Waals surface area (Å²) in [4.78, 5) is 12.7. The smallest absolute Gasteiger partial charge is 0.175 e. The van der Waals surface area contributed by atoms with Gasteiger partial charge in [-0.05, 0) is 31.7 Å². The van der Waals surface area contributed by atoms with Gasteiger partial charge in [-0.1, -0.05) is 65.2 Å². The van der Waals surface area contributed by atoms with E-state index in [2.05, 4.69) is 33.8 Å². The first-order valence-electron chi connectivity index (χ1n) is 7.82. The highest BCUT2D eigenvalue weighted by Crippen LogP contribution is 2.28. The molecule has 0 radical (unpaired) electrons. The Labute approximate surface area is 160 Å².